The highest BCUT2D eigenvalue weighted by Gasteiger charge is 2.57. The van der Waals surface area contributed by atoms with Crippen molar-refractivity contribution in [3.63, 3.8) is 0 Å². The number of hydrogen-bond acceptors (Lipinski definition) is 4. The maximum absolute atomic E-state index is 12.4. The van der Waals surface area contributed by atoms with E-state index in [1.807, 2.05) is 6.07 Å². The maximum atomic E-state index is 12.4. The number of hydrogen-bond donors (Lipinski definition) is 2. The van der Waals surface area contributed by atoms with Crippen molar-refractivity contribution in [1.29, 1.82) is 5.26 Å². The number of nitriles is 1. The summed E-state index contributed by atoms with van der Waals surface area (Å²) in [4.78, 5) is 24.7. The lowest BCUT2D eigenvalue weighted by atomic mass is 9.49. The van der Waals surface area contributed by atoms with Crippen LogP contribution in [-0.2, 0) is 14.3 Å². The van der Waals surface area contributed by atoms with Gasteiger partial charge < -0.3 is 15.4 Å². The molecule has 1 aromatic rings. The molecule has 0 atom stereocenters. The van der Waals surface area contributed by atoms with E-state index in [2.05, 4.69) is 10.6 Å². The lowest BCUT2D eigenvalue weighted by Crippen LogP contribution is -2.63. The third kappa shape index (κ3) is 3.10. The molecule has 4 aliphatic carbocycles. The van der Waals surface area contributed by atoms with Crippen molar-refractivity contribution in [3.05, 3.63) is 29.8 Å². The molecule has 2 N–H and O–H groups in total. The second-order valence-electron chi connectivity index (χ2n) is 8.26. The van der Waals surface area contributed by atoms with Crippen LogP contribution < -0.4 is 10.6 Å². The number of nitrogens with zero attached hydrogens (tertiary/aromatic N) is 1. The average molecular weight is 367 g/mol. The Morgan fingerprint density at radius 3 is 2.33 bits per heavy atom. The summed E-state index contributed by atoms with van der Waals surface area (Å²) in [6, 6.07) is 8.64. The van der Waals surface area contributed by atoms with Crippen LogP contribution in [0.3, 0.4) is 0 Å². The molecule has 2 amide bonds. The second-order valence-corrected chi connectivity index (χ2v) is 8.26. The molecule has 4 bridgehead atoms. The van der Waals surface area contributed by atoms with E-state index in [1.165, 1.54) is 32.1 Å². The molecule has 4 aliphatic rings. The molecule has 0 saturated heterocycles. The van der Waals surface area contributed by atoms with Crippen LogP contribution in [0.2, 0.25) is 0 Å². The Bertz CT molecular complexity index is 770. The van der Waals surface area contributed by atoms with E-state index in [0.29, 0.717) is 29.6 Å². The van der Waals surface area contributed by atoms with Crippen LogP contribution in [-0.4, -0.2) is 31.1 Å². The Morgan fingerprint density at radius 2 is 1.74 bits per heavy atom. The zero-order valence-electron chi connectivity index (χ0n) is 15.5. The molecule has 6 nitrogen and oxygen atoms in total. The third-order valence-electron chi connectivity index (χ3n) is 6.93. The zero-order chi connectivity index (χ0) is 19.0. The van der Waals surface area contributed by atoms with Crippen LogP contribution in [0.25, 0.3) is 0 Å². The predicted octanol–water partition coefficient (Wildman–Crippen LogP) is 2.45. The summed E-state index contributed by atoms with van der Waals surface area (Å²) >= 11 is 0. The number of rotatable bonds is 4. The van der Waals surface area contributed by atoms with E-state index >= 15 is 0 Å². The summed E-state index contributed by atoms with van der Waals surface area (Å²) in [6.45, 7) is 0.365. The van der Waals surface area contributed by atoms with Gasteiger partial charge in [0.1, 0.15) is 6.07 Å². The van der Waals surface area contributed by atoms with Crippen LogP contribution in [0.1, 0.15) is 37.7 Å². The molecule has 5 rings (SSSR count). The van der Waals surface area contributed by atoms with Crippen LogP contribution in [0, 0.1) is 35.0 Å². The van der Waals surface area contributed by atoms with Crippen molar-refractivity contribution >= 4 is 17.5 Å². The van der Waals surface area contributed by atoms with Crippen LogP contribution in [0.15, 0.2) is 24.3 Å². The molecule has 4 fully saturated rings. The standard InChI is InChI=1S/C21H25N3O3/c1-27-21(16-7-13-6-14(9-16)10-17(21)8-13)12-23-19(25)20(26)24-18-5-3-2-4-15(18)11-22/h2-5,13-14,16-17H,6-10,12H2,1H3,(H,23,25)(H,24,26). The van der Waals surface area contributed by atoms with Gasteiger partial charge in [0.25, 0.3) is 0 Å². The van der Waals surface area contributed by atoms with Gasteiger partial charge in [-0.25, -0.2) is 0 Å². The third-order valence-corrected chi connectivity index (χ3v) is 6.93. The molecule has 1 aromatic carbocycles. The molecule has 0 aromatic heterocycles. The quantitative estimate of drug-likeness (QED) is 0.800. The Morgan fingerprint density at radius 1 is 1.11 bits per heavy atom. The van der Waals surface area contributed by atoms with E-state index in [0.717, 1.165) is 11.8 Å². The molecule has 4 saturated carbocycles. The number of benzene rings is 1. The molecule has 27 heavy (non-hydrogen) atoms. The minimum Gasteiger partial charge on any atom is -0.376 e. The molecule has 6 heteroatoms. The van der Waals surface area contributed by atoms with Crippen molar-refractivity contribution in [2.75, 3.05) is 19.0 Å². The first-order chi connectivity index (χ1) is 13.1. The Kier molecular flexibility index (Phi) is 4.65. The number of para-hydroxylation sites is 1. The van der Waals surface area contributed by atoms with Crippen molar-refractivity contribution in [3.8, 4) is 6.07 Å². The van der Waals surface area contributed by atoms with Crippen molar-refractivity contribution < 1.29 is 14.3 Å². The topological polar surface area (TPSA) is 91.2 Å². The average Bonchev–Trinajstić information content (AvgIpc) is 2.67. The maximum Gasteiger partial charge on any atom is 0.313 e. The Balaban J connectivity index is 1.41. The van der Waals surface area contributed by atoms with Gasteiger partial charge in [-0.2, -0.15) is 5.26 Å². The van der Waals surface area contributed by atoms with Crippen LogP contribution in [0.4, 0.5) is 5.69 Å². The SMILES string of the molecule is COC1(CNC(=O)C(=O)Nc2ccccc2C#N)C2CC3CC(C2)CC1C3. The van der Waals surface area contributed by atoms with Crippen LogP contribution >= 0.6 is 0 Å². The zero-order valence-corrected chi connectivity index (χ0v) is 15.5. The molecule has 0 aliphatic heterocycles. The highest BCUT2D eigenvalue weighted by molar-refractivity contribution is 6.39. The lowest BCUT2D eigenvalue weighted by Gasteiger charge is -2.60. The molecule has 142 valence electrons. The van der Waals surface area contributed by atoms with E-state index in [4.69, 9.17) is 10.00 Å². The number of anilines is 1. The van der Waals surface area contributed by atoms with Crippen molar-refractivity contribution in [2.24, 2.45) is 23.7 Å². The number of nitrogens with one attached hydrogen (secondary N) is 2. The molecular formula is C21H25N3O3. The van der Waals surface area contributed by atoms with E-state index in [1.54, 1.807) is 31.4 Å². The Hall–Kier alpha value is -2.39. The van der Waals surface area contributed by atoms with Gasteiger partial charge in [-0.15, -0.1) is 0 Å². The first kappa shape index (κ1) is 18.0. The summed E-state index contributed by atoms with van der Waals surface area (Å²) in [5.41, 5.74) is 0.317. The fourth-order valence-electron chi connectivity index (χ4n) is 5.84. The summed E-state index contributed by atoms with van der Waals surface area (Å²) in [7, 11) is 1.73. The van der Waals surface area contributed by atoms with Gasteiger partial charge in [0.2, 0.25) is 0 Å². The molecule has 0 spiro atoms. The monoisotopic (exact) mass is 367 g/mol. The van der Waals surface area contributed by atoms with Crippen molar-refractivity contribution in [2.45, 2.75) is 37.7 Å². The van der Waals surface area contributed by atoms with E-state index in [9.17, 15) is 9.59 Å². The normalized spacial score (nSPS) is 33.3. The number of carbonyl (C=O) groups excluding carboxylic acids is 2. The highest BCUT2D eigenvalue weighted by Crippen LogP contribution is 2.59. The van der Waals surface area contributed by atoms with Gasteiger partial charge in [-0.1, -0.05) is 12.1 Å². The molecule has 0 heterocycles. The number of ether oxygens (including phenoxy) is 1. The van der Waals surface area contributed by atoms with Gasteiger partial charge >= 0.3 is 11.8 Å². The lowest BCUT2D eigenvalue weighted by molar-refractivity contribution is -0.188. The van der Waals surface area contributed by atoms with Gasteiger partial charge in [0, 0.05) is 13.7 Å². The molecular weight excluding hydrogens is 342 g/mol. The minimum atomic E-state index is -0.757. The van der Waals surface area contributed by atoms with E-state index in [-0.39, 0.29) is 5.60 Å². The van der Waals surface area contributed by atoms with Crippen LogP contribution in [0.5, 0.6) is 0 Å². The molecule has 0 unspecified atom stereocenters. The number of amides is 2. The first-order valence-corrected chi connectivity index (χ1v) is 9.69. The first-order valence-electron chi connectivity index (χ1n) is 9.69. The van der Waals surface area contributed by atoms with Gasteiger partial charge in [0.05, 0.1) is 16.9 Å². The fourth-order valence-corrected chi connectivity index (χ4v) is 5.84. The smallest absolute Gasteiger partial charge is 0.313 e. The van der Waals surface area contributed by atoms with Gasteiger partial charge in [0.15, 0.2) is 0 Å². The minimum absolute atomic E-state index is 0.327. The van der Waals surface area contributed by atoms with Gasteiger partial charge in [-0.3, -0.25) is 9.59 Å². The largest absolute Gasteiger partial charge is 0.376 e. The summed E-state index contributed by atoms with van der Waals surface area (Å²) in [6.07, 6.45) is 6.01. The van der Waals surface area contributed by atoms with Crippen molar-refractivity contribution in [1.82, 2.24) is 5.32 Å². The second kappa shape index (κ2) is 6.97. The summed E-state index contributed by atoms with van der Waals surface area (Å²) in [5.74, 6) is 1.08. The summed E-state index contributed by atoms with van der Waals surface area (Å²) < 4.78 is 6.01. The Labute approximate surface area is 159 Å². The predicted molar refractivity (Wildman–Crippen MR) is 99.6 cm³/mol. The molecule has 0 radical (unpaired) electrons. The number of carbonyl (C=O) groups is 2. The summed E-state index contributed by atoms with van der Waals surface area (Å²) in [5, 5.41) is 14.4. The highest BCUT2D eigenvalue weighted by atomic mass is 16.5. The fraction of sp³-hybridized carbons (Fsp3) is 0.571. The number of methoxy groups -OCH3 is 1. The van der Waals surface area contributed by atoms with E-state index < -0.39 is 11.8 Å². The van der Waals surface area contributed by atoms with Gasteiger partial charge in [-0.05, 0) is 67.9 Å².